The number of anilines is 1. The summed E-state index contributed by atoms with van der Waals surface area (Å²) in [6.45, 7) is 3.76. The van der Waals surface area contributed by atoms with Crippen LogP contribution < -0.4 is 11.1 Å². The number of nitrogens with two attached hydrogens (primary N) is 1. The Morgan fingerprint density at radius 2 is 2.25 bits per heavy atom. The predicted octanol–water partition coefficient (Wildman–Crippen LogP) is 1.77. The molecule has 4 nitrogen and oxygen atoms in total. The highest BCUT2D eigenvalue weighted by Gasteiger charge is 2.12. The molecule has 16 heavy (non-hydrogen) atoms. The zero-order valence-electron chi connectivity index (χ0n) is 9.66. The number of phenols is 1. The van der Waals surface area contributed by atoms with Gasteiger partial charge in [0.2, 0.25) is 5.91 Å². The zero-order valence-corrected chi connectivity index (χ0v) is 9.66. The lowest BCUT2D eigenvalue weighted by molar-refractivity contribution is -0.117. The van der Waals surface area contributed by atoms with Crippen molar-refractivity contribution in [3.05, 3.63) is 23.8 Å². The highest BCUT2D eigenvalue weighted by atomic mass is 16.3. The molecule has 1 aromatic carbocycles. The summed E-state index contributed by atoms with van der Waals surface area (Å²) < 4.78 is 0. The van der Waals surface area contributed by atoms with E-state index in [1.807, 2.05) is 6.92 Å². The molecule has 0 heterocycles. The third-order valence-electron chi connectivity index (χ3n) is 2.40. The first-order valence-corrected chi connectivity index (χ1v) is 5.40. The molecule has 1 atom stereocenters. The molecule has 0 fully saturated rings. The van der Waals surface area contributed by atoms with Crippen molar-refractivity contribution in [2.24, 2.45) is 5.73 Å². The molecule has 1 aromatic rings. The second-order valence-corrected chi connectivity index (χ2v) is 3.89. The first kappa shape index (κ1) is 12.5. The van der Waals surface area contributed by atoms with Crippen LogP contribution in [0.2, 0.25) is 0 Å². The fourth-order valence-electron chi connectivity index (χ4n) is 1.41. The van der Waals surface area contributed by atoms with E-state index in [0.29, 0.717) is 12.1 Å². The Hall–Kier alpha value is -1.55. The molecule has 1 unspecified atom stereocenters. The molecule has 0 bridgehead atoms. The van der Waals surface area contributed by atoms with Gasteiger partial charge in [0.25, 0.3) is 0 Å². The summed E-state index contributed by atoms with van der Waals surface area (Å²) in [7, 11) is 0. The van der Waals surface area contributed by atoms with Crippen LogP contribution in [0.5, 0.6) is 5.75 Å². The molecule has 88 valence electrons. The highest BCUT2D eigenvalue weighted by Crippen LogP contribution is 2.20. The standard InChI is InChI=1S/C12H18N2O2/c1-3-4-10(13)12(16)14-9-5-6-11(15)8(2)7-9/h5-7,10,15H,3-4,13H2,1-2H3,(H,14,16). The SMILES string of the molecule is CCCC(N)C(=O)Nc1ccc(O)c(C)c1. The van der Waals surface area contributed by atoms with Crippen molar-refractivity contribution in [1.82, 2.24) is 0 Å². The normalized spacial score (nSPS) is 12.2. The van der Waals surface area contributed by atoms with E-state index in [4.69, 9.17) is 5.73 Å². The molecular weight excluding hydrogens is 204 g/mol. The number of nitrogens with one attached hydrogen (secondary N) is 1. The first-order valence-electron chi connectivity index (χ1n) is 5.40. The van der Waals surface area contributed by atoms with Crippen molar-refractivity contribution in [1.29, 1.82) is 0 Å². The second-order valence-electron chi connectivity index (χ2n) is 3.89. The van der Waals surface area contributed by atoms with E-state index in [0.717, 1.165) is 12.0 Å². The first-order chi connectivity index (χ1) is 7.54. The summed E-state index contributed by atoms with van der Waals surface area (Å²) in [6.07, 6.45) is 1.55. The Morgan fingerprint density at radius 1 is 1.56 bits per heavy atom. The molecule has 4 heteroatoms. The number of aryl methyl sites for hydroxylation is 1. The van der Waals surface area contributed by atoms with Gasteiger partial charge in [0, 0.05) is 5.69 Å². The van der Waals surface area contributed by atoms with Gasteiger partial charge in [0.1, 0.15) is 5.75 Å². The Balaban J connectivity index is 2.66. The summed E-state index contributed by atoms with van der Waals surface area (Å²) in [5, 5.41) is 12.1. The number of hydrogen-bond acceptors (Lipinski definition) is 3. The Morgan fingerprint density at radius 3 is 2.81 bits per heavy atom. The Labute approximate surface area is 95.5 Å². The number of hydrogen-bond donors (Lipinski definition) is 3. The summed E-state index contributed by atoms with van der Waals surface area (Å²) in [5.41, 5.74) is 7.07. The van der Waals surface area contributed by atoms with Gasteiger partial charge in [-0.15, -0.1) is 0 Å². The van der Waals surface area contributed by atoms with Gasteiger partial charge in [-0.05, 0) is 37.1 Å². The van der Waals surface area contributed by atoms with E-state index in [2.05, 4.69) is 5.32 Å². The summed E-state index contributed by atoms with van der Waals surface area (Å²) in [6, 6.07) is 4.44. The van der Waals surface area contributed by atoms with Gasteiger partial charge < -0.3 is 16.2 Å². The maximum atomic E-state index is 11.6. The van der Waals surface area contributed by atoms with Gasteiger partial charge in [0.05, 0.1) is 6.04 Å². The molecule has 0 saturated heterocycles. The fraction of sp³-hybridized carbons (Fsp3) is 0.417. The van der Waals surface area contributed by atoms with Crippen molar-refractivity contribution in [3.63, 3.8) is 0 Å². The third kappa shape index (κ3) is 3.24. The molecule has 0 aliphatic carbocycles. The Kier molecular flexibility index (Phi) is 4.31. The molecule has 0 aromatic heterocycles. The van der Waals surface area contributed by atoms with Crippen molar-refractivity contribution >= 4 is 11.6 Å². The maximum Gasteiger partial charge on any atom is 0.241 e. The van der Waals surface area contributed by atoms with E-state index in [9.17, 15) is 9.90 Å². The van der Waals surface area contributed by atoms with E-state index in [-0.39, 0.29) is 11.7 Å². The lowest BCUT2D eigenvalue weighted by Crippen LogP contribution is -2.35. The number of carbonyl (C=O) groups excluding carboxylic acids is 1. The van der Waals surface area contributed by atoms with Crippen LogP contribution in [-0.4, -0.2) is 17.1 Å². The van der Waals surface area contributed by atoms with E-state index in [1.54, 1.807) is 25.1 Å². The largest absolute Gasteiger partial charge is 0.508 e. The van der Waals surface area contributed by atoms with E-state index >= 15 is 0 Å². The number of carbonyl (C=O) groups is 1. The number of benzene rings is 1. The fourth-order valence-corrected chi connectivity index (χ4v) is 1.41. The van der Waals surface area contributed by atoms with Gasteiger partial charge in [-0.2, -0.15) is 0 Å². The molecule has 0 aliphatic rings. The second kappa shape index (κ2) is 5.51. The van der Waals surface area contributed by atoms with Crippen LogP contribution in [0.4, 0.5) is 5.69 Å². The lowest BCUT2D eigenvalue weighted by atomic mass is 10.1. The van der Waals surface area contributed by atoms with Crippen molar-refractivity contribution in [2.45, 2.75) is 32.7 Å². The average Bonchev–Trinajstić information content (AvgIpc) is 2.24. The smallest absolute Gasteiger partial charge is 0.241 e. The molecule has 0 spiro atoms. The number of amides is 1. The topological polar surface area (TPSA) is 75.4 Å². The predicted molar refractivity (Wildman–Crippen MR) is 64.4 cm³/mol. The van der Waals surface area contributed by atoms with E-state index < -0.39 is 6.04 Å². The van der Waals surface area contributed by atoms with Gasteiger partial charge >= 0.3 is 0 Å². The molecular formula is C12H18N2O2. The van der Waals surface area contributed by atoms with Crippen molar-refractivity contribution in [3.8, 4) is 5.75 Å². The van der Waals surface area contributed by atoms with Gasteiger partial charge in [0.15, 0.2) is 0 Å². The Bertz CT molecular complexity index is 377. The monoisotopic (exact) mass is 222 g/mol. The van der Waals surface area contributed by atoms with Gasteiger partial charge in [-0.1, -0.05) is 13.3 Å². The van der Waals surface area contributed by atoms with Crippen molar-refractivity contribution < 1.29 is 9.90 Å². The van der Waals surface area contributed by atoms with Crippen LogP contribution in [0, 0.1) is 6.92 Å². The van der Waals surface area contributed by atoms with Gasteiger partial charge in [-0.25, -0.2) is 0 Å². The van der Waals surface area contributed by atoms with Crippen molar-refractivity contribution in [2.75, 3.05) is 5.32 Å². The summed E-state index contributed by atoms with van der Waals surface area (Å²) >= 11 is 0. The quantitative estimate of drug-likeness (QED) is 0.679. The minimum Gasteiger partial charge on any atom is -0.508 e. The lowest BCUT2D eigenvalue weighted by Gasteiger charge is -2.11. The summed E-state index contributed by atoms with van der Waals surface area (Å²) in [5.74, 6) is 0.0304. The molecule has 0 saturated carbocycles. The number of aromatic hydroxyl groups is 1. The van der Waals surface area contributed by atoms with Crippen LogP contribution in [0.25, 0.3) is 0 Å². The molecule has 4 N–H and O–H groups in total. The average molecular weight is 222 g/mol. The number of rotatable bonds is 4. The number of phenolic OH excluding ortho intramolecular Hbond substituents is 1. The van der Waals surface area contributed by atoms with Crippen LogP contribution in [0.15, 0.2) is 18.2 Å². The zero-order chi connectivity index (χ0) is 12.1. The summed E-state index contributed by atoms with van der Waals surface area (Å²) in [4.78, 5) is 11.6. The van der Waals surface area contributed by atoms with Crippen LogP contribution in [-0.2, 0) is 4.79 Å². The molecule has 1 rings (SSSR count). The third-order valence-corrected chi connectivity index (χ3v) is 2.40. The minimum atomic E-state index is -0.473. The van der Waals surface area contributed by atoms with Crippen LogP contribution >= 0.6 is 0 Å². The molecule has 0 radical (unpaired) electrons. The van der Waals surface area contributed by atoms with Crippen LogP contribution in [0.1, 0.15) is 25.3 Å². The molecule has 1 amide bonds. The minimum absolute atomic E-state index is 0.188. The van der Waals surface area contributed by atoms with Gasteiger partial charge in [-0.3, -0.25) is 4.79 Å². The highest BCUT2D eigenvalue weighted by molar-refractivity contribution is 5.94. The van der Waals surface area contributed by atoms with E-state index in [1.165, 1.54) is 0 Å². The molecule has 0 aliphatic heterocycles. The van der Waals surface area contributed by atoms with Crippen LogP contribution in [0.3, 0.4) is 0 Å². The maximum absolute atomic E-state index is 11.6.